The van der Waals surface area contributed by atoms with Crippen molar-refractivity contribution in [1.29, 1.82) is 0 Å². The lowest BCUT2D eigenvalue weighted by Crippen LogP contribution is -2.33. The second kappa shape index (κ2) is 11.0. The molecule has 5 rings (SSSR count). The van der Waals surface area contributed by atoms with Gasteiger partial charge in [-0.3, -0.25) is 24.6 Å². The van der Waals surface area contributed by atoms with Crippen molar-refractivity contribution in [3.63, 3.8) is 0 Å². The highest BCUT2D eigenvalue weighted by atomic mass is 32.2. The van der Waals surface area contributed by atoms with E-state index in [1.165, 1.54) is 37.1 Å². The molecule has 200 valence electrons. The lowest BCUT2D eigenvalue weighted by molar-refractivity contribution is -0.384. The Hall–Kier alpha value is -4.58. The molecule has 1 N–H and O–H groups in total. The number of hydrogen-bond acceptors (Lipinski definition) is 9. The van der Waals surface area contributed by atoms with E-state index in [4.69, 9.17) is 19.2 Å². The fourth-order valence-corrected chi connectivity index (χ4v) is 5.30. The Morgan fingerprint density at radius 3 is 2.74 bits per heavy atom. The van der Waals surface area contributed by atoms with Crippen LogP contribution in [0.1, 0.15) is 17.5 Å². The number of para-hydroxylation sites is 1. The van der Waals surface area contributed by atoms with Gasteiger partial charge in [0.05, 0.1) is 30.3 Å². The minimum Gasteiger partial charge on any atom is -0.496 e. The van der Waals surface area contributed by atoms with Crippen LogP contribution in [0.5, 0.6) is 17.2 Å². The largest absolute Gasteiger partial charge is 0.496 e. The maximum atomic E-state index is 13.5. The monoisotopic (exact) mass is 548 g/mol. The van der Waals surface area contributed by atoms with Crippen LogP contribution in [0.3, 0.4) is 0 Å². The van der Waals surface area contributed by atoms with Crippen LogP contribution in [0.25, 0.3) is 0 Å². The average molecular weight is 549 g/mol. The fourth-order valence-electron chi connectivity index (χ4n) is 4.15. The summed E-state index contributed by atoms with van der Waals surface area (Å²) in [6.45, 7) is 2.28. The molecule has 0 radical (unpaired) electrons. The van der Waals surface area contributed by atoms with E-state index in [0.29, 0.717) is 22.4 Å². The Morgan fingerprint density at radius 1 is 1.18 bits per heavy atom. The molecule has 12 heteroatoms. The first kappa shape index (κ1) is 26.0. The van der Waals surface area contributed by atoms with Crippen LogP contribution in [-0.2, 0) is 16.1 Å². The minimum absolute atomic E-state index is 0.0206. The average Bonchev–Trinajstić information content (AvgIpc) is 3.50. The number of aliphatic imine (C=N–C) groups is 1. The number of carbonyl (C=O) groups excluding carboxylic acids is 2. The van der Waals surface area contributed by atoms with Crippen molar-refractivity contribution in [2.45, 2.75) is 25.1 Å². The van der Waals surface area contributed by atoms with E-state index in [1.807, 2.05) is 43.3 Å². The van der Waals surface area contributed by atoms with Gasteiger partial charge in [0, 0.05) is 6.42 Å². The number of thioether (sulfide) groups is 1. The zero-order valence-electron chi connectivity index (χ0n) is 21.1. The van der Waals surface area contributed by atoms with Crippen LogP contribution in [0.4, 0.5) is 17.1 Å². The zero-order chi connectivity index (χ0) is 27.5. The van der Waals surface area contributed by atoms with Crippen molar-refractivity contribution in [2.24, 2.45) is 4.99 Å². The highest BCUT2D eigenvalue weighted by molar-refractivity contribution is 8.15. The summed E-state index contributed by atoms with van der Waals surface area (Å²) in [6, 6.07) is 17.1. The first-order valence-corrected chi connectivity index (χ1v) is 12.8. The molecular weight excluding hydrogens is 524 g/mol. The van der Waals surface area contributed by atoms with Crippen molar-refractivity contribution in [3.8, 4) is 17.2 Å². The number of hydrogen-bond donors (Lipinski definition) is 1. The van der Waals surface area contributed by atoms with Crippen LogP contribution < -0.4 is 19.5 Å². The number of amides is 2. The van der Waals surface area contributed by atoms with E-state index in [0.717, 1.165) is 11.1 Å². The number of carbonyl (C=O) groups is 2. The normalized spacial score (nSPS) is 17.0. The molecule has 0 aromatic heterocycles. The van der Waals surface area contributed by atoms with E-state index in [9.17, 15) is 19.7 Å². The summed E-state index contributed by atoms with van der Waals surface area (Å²) >= 11 is 1.19. The molecule has 1 atom stereocenters. The van der Waals surface area contributed by atoms with Gasteiger partial charge in [-0.25, -0.2) is 4.99 Å². The van der Waals surface area contributed by atoms with E-state index in [2.05, 4.69) is 5.32 Å². The van der Waals surface area contributed by atoms with E-state index in [-0.39, 0.29) is 42.8 Å². The smallest absolute Gasteiger partial charge is 0.296 e. The maximum absolute atomic E-state index is 13.5. The Morgan fingerprint density at radius 2 is 1.97 bits per heavy atom. The van der Waals surface area contributed by atoms with Gasteiger partial charge in [0.25, 0.3) is 5.69 Å². The number of benzene rings is 3. The number of amidine groups is 1. The molecule has 0 spiro atoms. The fraction of sp³-hybridized carbons (Fsp3) is 0.222. The Labute approximate surface area is 227 Å². The zero-order valence-corrected chi connectivity index (χ0v) is 21.9. The standard InChI is InChI=1S/C27H24N4O7S/c1-16-5-3-4-6-19(16)29-27-30(14-17-7-10-22-23(11-17)38-15-37-22)26(33)24(39-27)13-25(32)28-20-9-8-18(36-2)12-21(20)31(34)35/h3-12,24H,13-15H2,1-2H3,(H,28,32). The number of rotatable bonds is 8. The molecule has 2 aliphatic heterocycles. The number of aryl methyl sites for hydroxylation is 1. The Balaban J connectivity index is 1.38. The molecule has 11 nitrogen and oxygen atoms in total. The van der Waals surface area contributed by atoms with Gasteiger partial charge in [-0.2, -0.15) is 0 Å². The summed E-state index contributed by atoms with van der Waals surface area (Å²) in [5.74, 6) is 0.703. The first-order valence-electron chi connectivity index (χ1n) is 12.0. The summed E-state index contributed by atoms with van der Waals surface area (Å²) in [4.78, 5) is 43.7. The quantitative estimate of drug-likeness (QED) is 0.314. The number of methoxy groups -OCH3 is 1. The number of nitro groups is 1. The van der Waals surface area contributed by atoms with Gasteiger partial charge in [-0.1, -0.05) is 36.0 Å². The van der Waals surface area contributed by atoms with E-state index in [1.54, 1.807) is 11.0 Å². The number of anilines is 1. The van der Waals surface area contributed by atoms with Crippen molar-refractivity contribution in [1.82, 2.24) is 4.90 Å². The van der Waals surface area contributed by atoms with Gasteiger partial charge in [-0.05, 0) is 48.4 Å². The van der Waals surface area contributed by atoms with Gasteiger partial charge in [0.2, 0.25) is 18.6 Å². The minimum atomic E-state index is -0.765. The highest BCUT2D eigenvalue weighted by Crippen LogP contribution is 2.37. The molecule has 1 unspecified atom stereocenters. The summed E-state index contributed by atoms with van der Waals surface area (Å²) in [7, 11) is 1.39. The molecule has 0 saturated carbocycles. The first-order chi connectivity index (χ1) is 18.8. The maximum Gasteiger partial charge on any atom is 0.296 e. The van der Waals surface area contributed by atoms with Crippen molar-refractivity contribution < 1.29 is 28.7 Å². The van der Waals surface area contributed by atoms with Gasteiger partial charge in [0.15, 0.2) is 16.7 Å². The highest BCUT2D eigenvalue weighted by Gasteiger charge is 2.39. The molecule has 39 heavy (non-hydrogen) atoms. The van der Waals surface area contributed by atoms with Crippen molar-refractivity contribution >= 4 is 45.8 Å². The Kier molecular flexibility index (Phi) is 7.37. The summed E-state index contributed by atoms with van der Waals surface area (Å²) in [5, 5.41) is 13.8. The molecule has 2 amide bonds. The van der Waals surface area contributed by atoms with E-state index >= 15 is 0 Å². The van der Waals surface area contributed by atoms with Crippen LogP contribution >= 0.6 is 11.8 Å². The van der Waals surface area contributed by atoms with Crippen molar-refractivity contribution in [3.05, 3.63) is 81.9 Å². The molecular formula is C27H24N4O7S. The van der Waals surface area contributed by atoms with Crippen LogP contribution in [-0.4, -0.2) is 46.0 Å². The second-order valence-electron chi connectivity index (χ2n) is 8.79. The van der Waals surface area contributed by atoms with Gasteiger partial charge >= 0.3 is 0 Å². The van der Waals surface area contributed by atoms with Crippen molar-refractivity contribution in [2.75, 3.05) is 19.2 Å². The summed E-state index contributed by atoms with van der Waals surface area (Å²) in [5.41, 5.74) is 2.17. The summed E-state index contributed by atoms with van der Waals surface area (Å²) < 4.78 is 15.9. The number of ether oxygens (including phenoxy) is 3. The lowest BCUT2D eigenvalue weighted by Gasteiger charge is -2.17. The topological polar surface area (TPSA) is 133 Å². The Bertz CT molecular complexity index is 1490. The molecule has 3 aromatic rings. The SMILES string of the molecule is COc1ccc(NC(=O)CC2SC(=Nc3ccccc3C)N(Cc3ccc4c(c3)OCO4)C2=O)c([N+](=O)[O-])c1. The van der Waals surface area contributed by atoms with Gasteiger partial charge in [-0.15, -0.1) is 0 Å². The van der Waals surface area contributed by atoms with E-state index < -0.39 is 16.1 Å². The van der Waals surface area contributed by atoms with Crippen LogP contribution in [0.2, 0.25) is 0 Å². The number of nitro benzene ring substituents is 1. The second-order valence-corrected chi connectivity index (χ2v) is 9.96. The van der Waals surface area contributed by atoms with Gasteiger partial charge < -0.3 is 19.5 Å². The lowest BCUT2D eigenvalue weighted by atomic mass is 10.1. The van der Waals surface area contributed by atoms with Crippen LogP contribution in [0.15, 0.2) is 65.7 Å². The molecule has 2 heterocycles. The number of nitrogens with zero attached hydrogens (tertiary/aromatic N) is 3. The molecule has 1 saturated heterocycles. The summed E-state index contributed by atoms with van der Waals surface area (Å²) in [6.07, 6.45) is -0.197. The molecule has 0 aliphatic carbocycles. The molecule has 2 aliphatic rings. The molecule has 3 aromatic carbocycles. The number of nitrogens with one attached hydrogen (secondary N) is 1. The van der Waals surface area contributed by atoms with Gasteiger partial charge in [0.1, 0.15) is 16.7 Å². The third kappa shape index (κ3) is 5.65. The molecule has 1 fully saturated rings. The third-order valence-corrected chi connectivity index (χ3v) is 7.35. The predicted molar refractivity (Wildman–Crippen MR) is 146 cm³/mol. The molecule has 0 bridgehead atoms. The predicted octanol–water partition coefficient (Wildman–Crippen LogP) is 4.80. The number of fused-ring (bicyclic) bond motifs is 1. The van der Waals surface area contributed by atoms with Crippen LogP contribution in [0, 0.1) is 17.0 Å². The third-order valence-electron chi connectivity index (χ3n) is 6.18.